The van der Waals surface area contributed by atoms with Gasteiger partial charge < -0.3 is 10.2 Å². The summed E-state index contributed by atoms with van der Waals surface area (Å²) in [5.41, 5.74) is 0. The molecule has 0 aromatic carbocycles. The predicted octanol–water partition coefficient (Wildman–Crippen LogP) is -0.534. The number of aliphatic carboxylic acids is 2. The molecule has 13 heavy (non-hydrogen) atoms. The molecule has 0 saturated carbocycles. The predicted molar refractivity (Wildman–Crippen MR) is 43.2 cm³/mol. The molecule has 7 nitrogen and oxygen atoms in total. The number of rotatable bonds is 5. The van der Waals surface area contributed by atoms with E-state index in [9.17, 15) is 9.59 Å². The van der Waals surface area contributed by atoms with Crippen LogP contribution in [0.25, 0.3) is 0 Å². The van der Waals surface area contributed by atoms with Gasteiger partial charge in [-0.05, 0) is 12.8 Å². The van der Waals surface area contributed by atoms with Crippen LogP contribution in [0.2, 0.25) is 0 Å². The van der Waals surface area contributed by atoms with E-state index in [1.54, 1.807) is 0 Å². The fourth-order valence-electron chi connectivity index (χ4n) is 0.552. The summed E-state index contributed by atoms with van der Waals surface area (Å²) in [5, 5.41) is 16.3. The van der Waals surface area contributed by atoms with Crippen LogP contribution in [-0.4, -0.2) is 22.2 Å². The van der Waals surface area contributed by atoms with Crippen LogP contribution >= 0.6 is 0 Å². The molecule has 0 saturated heterocycles. The van der Waals surface area contributed by atoms with Crippen molar-refractivity contribution in [2.75, 3.05) is 0 Å². The number of hydrogen-bond donors (Lipinski definition) is 4. The van der Waals surface area contributed by atoms with Crippen LogP contribution in [0.15, 0.2) is 0 Å². The van der Waals surface area contributed by atoms with E-state index in [2.05, 4.69) is 16.7 Å². The van der Waals surface area contributed by atoms with Crippen molar-refractivity contribution in [3.8, 4) is 0 Å². The summed E-state index contributed by atoms with van der Waals surface area (Å²) in [6.45, 7) is 0. The van der Waals surface area contributed by atoms with E-state index in [4.69, 9.17) is 10.2 Å². The molecule has 0 aliphatic rings. The third-order valence-corrected chi connectivity index (χ3v) is 1.03. The fourth-order valence-corrected chi connectivity index (χ4v) is 0.552. The first-order chi connectivity index (χ1) is 6.04. The van der Waals surface area contributed by atoms with Crippen molar-refractivity contribution < 1.29 is 24.7 Å². The van der Waals surface area contributed by atoms with Gasteiger partial charge in [0.15, 0.2) is 0 Å². The highest BCUT2D eigenvalue weighted by Gasteiger charge is 1.99. The summed E-state index contributed by atoms with van der Waals surface area (Å²) < 4.78 is 0. The van der Waals surface area contributed by atoms with Crippen molar-refractivity contribution >= 4 is 11.9 Å². The average molecular weight is 194 g/mol. The summed E-state index contributed by atoms with van der Waals surface area (Å²) in [5.74, 6) is 6.51. The second-order valence-electron chi connectivity index (χ2n) is 2.13. The lowest BCUT2D eigenvalue weighted by molar-refractivity contribution is -0.139. The van der Waals surface area contributed by atoms with E-state index >= 15 is 0 Å². The first-order valence-corrected chi connectivity index (χ1v) is 3.53. The smallest absolute Gasteiger partial charge is 0.303 e. The SMILES string of the molecule is NON.O=C(O)CCCCC(=O)O. The van der Waals surface area contributed by atoms with Crippen LogP contribution in [0.1, 0.15) is 25.7 Å². The van der Waals surface area contributed by atoms with Crippen molar-refractivity contribution in [2.24, 2.45) is 11.8 Å². The van der Waals surface area contributed by atoms with E-state index in [1.807, 2.05) is 0 Å². The quantitative estimate of drug-likeness (QED) is 0.341. The summed E-state index contributed by atoms with van der Waals surface area (Å²) >= 11 is 0. The summed E-state index contributed by atoms with van der Waals surface area (Å²) in [4.78, 5) is 23.0. The summed E-state index contributed by atoms with van der Waals surface area (Å²) in [7, 11) is 0. The van der Waals surface area contributed by atoms with Crippen molar-refractivity contribution in [3.05, 3.63) is 0 Å². The van der Waals surface area contributed by atoms with Crippen LogP contribution in [0.5, 0.6) is 0 Å². The molecule has 0 aromatic heterocycles. The second-order valence-corrected chi connectivity index (χ2v) is 2.13. The molecule has 0 radical (unpaired) electrons. The molecule has 0 bridgehead atoms. The van der Waals surface area contributed by atoms with Gasteiger partial charge in [-0.25, -0.2) is 4.94 Å². The van der Waals surface area contributed by atoms with Gasteiger partial charge in [0.25, 0.3) is 0 Å². The van der Waals surface area contributed by atoms with E-state index in [1.165, 1.54) is 0 Å². The Hall–Kier alpha value is -1.18. The highest BCUT2D eigenvalue weighted by atomic mass is 16.7. The molecular formula is C6H14N2O5. The van der Waals surface area contributed by atoms with Gasteiger partial charge in [0, 0.05) is 12.8 Å². The van der Waals surface area contributed by atoms with Gasteiger partial charge in [-0.2, -0.15) is 11.8 Å². The summed E-state index contributed by atoms with van der Waals surface area (Å²) in [6, 6.07) is 0. The van der Waals surface area contributed by atoms with Crippen molar-refractivity contribution in [3.63, 3.8) is 0 Å². The first kappa shape index (κ1) is 14.3. The van der Waals surface area contributed by atoms with Gasteiger partial charge in [0.2, 0.25) is 0 Å². The molecule has 0 spiro atoms. The minimum absolute atomic E-state index is 0.0628. The monoisotopic (exact) mass is 194 g/mol. The Morgan fingerprint density at radius 2 is 1.23 bits per heavy atom. The molecular weight excluding hydrogens is 180 g/mol. The third-order valence-electron chi connectivity index (χ3n) is 1.03. The van der Waals surface area contributed by atoms with Gasteiger partial charge in [-0.1, -0.05) is 0 Å². The normalized spacial score (nSPS) is 8.46. The van der Waals surface area contributed by atoms with Crippen LogP contribution in [-0.2, 0) is 14.5 Å². The molecule has 0 aliphatic heterocycles. The van der Waals surface area contributed by atoms with Gasteiger partial charge in [-0.3, -0.25) is 9.59 Å². The van der Waals surface area contributed by atoms with Crippen molar-refractivity contribution in [2.45, 2.75) is 25.7 Å². The van der Waals surface area contributed by atoms with Crippen molar-refractivity contribution in [1.82, 2.24) is 0 Å². The Kier molecular flexibility index (Phi) is 11.9. The zero-order valence-electron chi connectivity index (χ0n) is 7.10. The average Bonchev–Trinajstić information content (AvgIpc) is 1.99. The summed E-state index contributed by atoms with van der Waals surface area (Å²) in [6.07, 6.45) is 1.02. The number of carbonyl (C=O) groups is 2. The van der Waals surface area contributed by atoms with Gasteiger partial charge in [0.05, 0.1) is 0 Å². The minimum Gasteiger partial charge on any atom is -0.481 e. The number of carboxylic acid groups (broad SMARTS) is 2. The zero-order valence-corrected chi connectivity index (χ0v) is 7.10. The lowest BCUT2D eigenvalue weighted by Crippen LogP contribution is -2.03. The van der Waals surface area contributed by atoms with Gasteiger partial charge in [0.1, 0.15) is 0 Å². The molecule has 0 unspecified atom stereocenters. The maximum atomic E-state index is 9.90. The van der Waals surface area contributed by atoms with E-state index in [-0.39, 0.29) is 12.8 Å². The molecule has 7 heteroatoms. The molecule has 0 rings (SSSR count). The molecule has 0 aliphatic carbocycles. The van der Waals surface area contributed by atoms with Crippen LogP contribution in [0.4, 0.5) is 0 Å². The highest BCUT2D eigenvalue weighted by Crippen LogP contribution is 1.98. The Balaban J connectivity index is 0. The largest absolute Gasteiger partial charge is 0.481 e. The molecule has 78 valence electrons. The van der Waals surface area contributed by atoms with Gasteiger partial charge >= 0.3 is 11.9 Å². The van der Waals surface area contributed by atoms with E-state index < -0.39 is 11.9 Å². The number of carboxylic acids is 2. The molecule has 0 aromatic rings. The molecule has 0 atom stereocenters. The molecule has 6 N–H and O–H groups in total. The Bertz CT molecular complexity index is 134. The van der Waals surface area contributed by atoms with Crippen molar-refractivity contribution in [1.29, 1.82) is 0 Å². The highest BCUT2D eigenvalue weighted by molar-refractivity contribution is 5.67. The first-order valence-electron chi connectivity index (χ1n) is 3.53. The van der Waals surface area contributed by atoms with E-state index in [0.717, 1.165) is 0 Å². The van der Waals surface area contributed by atoms with Crippen LogP contribution in [0, 0.1) is 0 Å². The maximum absolute atomic E-state index is 9.90. The number of hydrogen-bond acceptors (Lipinski definition) is 5. The third kappa shape index (κ3) is 24.8. The minimum atomic E-state index is -0.870. The zero-order chi connectivity index (χ0) is 10.7. The molecule has 0 amide bonds. The van der Waals surface area contributed by atoms with E-state index in [0.29, 0.717) is 12.8 Å². The molecule has 0 heterocycles. The lowest BCUT2D eigenvalue weighted by atomic mass is 10.2. The second kappa shape index (κ2) is 10.8. The topological polar surface area (TPSA) is 136 Å². The standard InChI is InChI=1S/C6H10O4.H4N2O/c7-5(8)3-1-2-4-6(9)10;1-3-2/h1-4H2,(H,7,8)(H,9,10);1-2H2. The van der Waals surface area contributed by atoms with Gasteiger partial charge in [-0.15, -0.1) is 0 Å². The Labute approximate surface area is 75.2 Å². The number of unbranched alkanes of at least 4 members (excludes halogenated alkanes) is 1. The Morgan fingerprint density at radius 3 is 1.38 bits per heavy atom. The lowest BCUT2D eigenvalue weighted by Gasteiger charge is -1.92. The number of nitrogens with two attached hydrogens (primary N) is 2. The fraction of sp³-hybridized carbons (Fsp3) is 0.667. The maximum Gasteiger partial charge on any atom is 0.303 e. The Morgan fingerprint density at radius 1 is 1.00 bits per heavy atom. The van der Waals surface area contributed by atoms with Crippen LogP contribution < -0.4 is 11.8 Å². The van der Waals surface area contributed by atoms with Crippen LogP contribution in [0.3, 0.4) is 0 Å². The molecule has 0 fully saturated rings.